The highest BCUT2D eigenvalue weighted by Crippen LogP contribution is 2.33. The van der Waals surface area contributed by atoms with Crippen molar-refractivity contribution in [3.8, 4) is 11.6 Å². The lowest BCUT2D eigenvalue weighted by atomic mass is 10.1. The minimum atomic E-state index is -0.357. The van der Waals surface area contributed by atoms with Crippen LogP contribution >= 0.6 is 11.6 Å². The predicted molar refractivity (Wildman–Crippen MR) is 96.7 cm³/mol. The molecule has 1 aromatic carbocycles. The molecule has 2 heterocycles. The second kappa shape index (κ2) is 6.42. The lowest BCUT2D eigenvalue weighted by molar-refractivity contribution is 0.0932. The van der Waals surface area contributed by atoms with E-state index in [1.54, 1.807) is 6.92 Å². The third-order valence-corrected chi connectivity index (χ3v) is 4.67. The number of aromatic nitrogens is 3. The van der Waals surface area contributed by atoms with Gasteiger partial charge in [-0.05, 0) is 43.0 Å². The van der Waals surface area contributed by atoms with Gasteiger partial charge in [0.2, 0.25) is 5.89 Å². The maximum absolute atomic E-state index is 12.7. The quantitative estimate of drug-likeness (QED) is 0.734. The molecule has 1 atom stereocenters. The van der Waals surface area contributed by atoms with Gasteiger partial charge in [-0.2, -0.15) is 0 Å². The smallest absolute Gasteiger partial charge is 0.274 e. The molecule has 7 nitrogen and oxygen atoms in total. The van der Waals surface area contributed by atoms with Crippen molar-refractivity contribution in [1.29, 1.82) is 0 Å². The molecule has 0 spiro atoms. The van der Waals surface area contributed by atoms with Crippen LogP contribution < -0.4 is 11.1 Å². The summed E-state index contributed by atoms with van der Waals surface area (Å²) in [5.41, 5.74) is 9.22. The fourth-order valence-electron chi connectivity index (χ4n) is 3.20. The summed E-state index contributed by atoms with van der Waals surface area (Å²) in [5, 5.41) is 3.69. The topological polar surface area (TPSA) is 107 Å². The third-order valence-electron chi connectivity index (χ3n) is 4.44. The molecule has 2 aromatic heterocycles. The summed E-state index contributed by atoms with van der Waals surface area (Å²) in [7, 11) is 0. The number of carbonyl (C=O) groups is 1. The monoisotopic (exact) mass is 369 g/mol. The first-order valence-electron chi connectivity index (χ1n) is 8.16. The van der Waals surface area contributed by atoms with Gasteiger partial charge < -0.3 is 15.5 Å². The maximum atomic E-state index is 12.7. The van der Waals surface area contributed by atoms with Crippen LogP contribution in [-0.4, -0.2) is 20.9 Å². The Morgan fingerprint density at radius 3 is 3.00 bits per heavy atom. The molecule has 0 bridgehead atoms. The normalized spacial score (nSPS) is 15.7. The van der Waals surface area contributed by atoms with Gasteiger partial charge in [0.25, 0.3) is 5.91 Å². The summed E-state index contributed by atoms with van der Waals surface area (Å²) in [4.78, 5) is 25.3. The van der Waals surface area contributed by atoms with Gasteiger partial charge in [0.15, 0.2) is 11.5 Å². The minimum Gasteiger partial charge on any atom is -0.443 e. The zero-order valence-corrected chi connectivity index (χ0v) is 14.7. The molecule has 4 rings (SSSR count). The van der Waals surface area contributed by atoms with E-state index in [1.165, 1.54) is 12.5 Å². The molecule has 1 amide bonds. The number of rotatable bonds is 3. The number of fused-ring (bicyclic) bond motifs is 1. The summed E-state index contributed by atoms with van der Waals surface area (Å²) < 4.78 is 5.23. The SMILES string of the molecule is Cc1nc(C(=O)N[C@H]2CCc3cc(Cl)ccc32)c(N)nc1-c1ncco1. The molecule has 0 aliphatic heterocycles. The molecule has 3 aromatic rings. The lowest BCUT2D eigenvalue weighted by Crippen LogP contribution is -2.29. The Bertz CT molecular complexity index is 987. The van der Waals surface area contributed by atoms with Gasteiger partial charge in [-0.15, -0.1) is 0 Å². The number of nitrogens with zero attached hydrogens (tertiary/aromatic N) is 3. The van der Waals surface area contributed by atoms with E-state index in [2.05, 4.69) is 20.3 Å². The zero-order chi connectivity index (χ0) is 18.3. The van der Waals surface area contributed by atoms with E-state index in [-0.39, 0.29) is 23.5 Å². The Hall–Kier alpha value is -2.93. The molecule has 0 fully saturated rings. The number of amides is 1. The summed E-state index contributed by atoms with van der Waals surface area (Å²) in [6.07, 6.45) is 4.63. The molecule has 0 unspecified atom stereocenters. The van der Waals surface area contributed by atoms with Crippen LogP contribution in [0.4, 0.5) is 5.82 Å². The largest absolute Gasteiger partial charge is 0.443 e. The van der Waals surface area contributed by atoms with E-state index in [9.17, 15) is 4.79 Å². The number of benzene rings is 1. The maximum Gasteiger partial charge on any atom is 0.274 e. The minimum absolute atomic E-state index is 0.0376. The fourth-order valence-corrected chi connectivity index (χ4v) is 3.40. The van der Waals surface area contributed by atoms with E-state index in [0.29, 0.717) is 22.3 Å². The van der Waals surface area contributed by atoms with Gasteiger partial charge >= 0.3 is 0 Å². The standard InChI is InChI=1S/C18H16ClN5O2/c1-9-14(18-21-6-7-26-18)24-16(20)15(22-9)17(25)23-13-5-2-10-8-11(19)3-4-12(10)13/h3-4,6-8,13H,2,5H2,1H3,(H2,20,24)(H,23,25)/t13-/m0/s1. The van der Waals surface area contributed by atoms with Gasteiger partial charge in [0.1, 0.15) is 12.0 Å². The second-order valence-electron chi connectivity index (χ2n) is 6.14. The molecule has 1 aliphatic carbocycles. The number of nitrogens with one attached hydrogen (secondary N) is 1. The van der Waals surface area contributed by atoms with Crippen LogP contribution in [0.15, 0.2) is 35.1 Å². The highest BCUT2D eigenvalue weighted by molar-refractivity contribution is 6.30. The van der Waals surface area contributed by atoms with E-state index in [4.69, 9.17) is 21.8 Å². The molecule has 0 saturated heterocycles. The number of nitrogen functional groups attached to an aromatic ring is 1. The number of aryl methyl sites for hydroxylation is 2. The van der Waals surface area contributed by atoms with E-state index >= 15 is 0 Å². The van der Waals surface area contributed by atoms with Crippen LogP contribution in [0, 0.1) is 6.92 Å². The predicted octanol–water partition coefficient (Wildman–Crippen LogP) is 3.09. The van der Waals surface area contributed by atoms with Crippen molar-refractivity contribution in [2.24, 2.45) is 0 Å². The average Bonchev–Trinajstić information content (AvgIpc) is 3.26. The molecule has 1 aliphatic rings. The Morgan fingerprint density at radius 1 is 1.38 bits per heavy atom. The molecule has 3 N–H and O–H groups in total. The molecule has 0 radical (unpaired) electrons. The number of oxazole rings is 1. The Morgan fingerprint density at radius 2 is 2.23 bits per heavy atom. The Kier molecular flexibility index (Phi) is 4.08. The summed E-state index contributed by atoms with van der Waals surface area (Å²) in [5.74, 6) is -0.00395. The number of hydrogen-bond acceptors (Lipinski definition) is 6. The number of halogens is 1. The van der Waals surface area contributed by atoms with Crippen molar-refractivity contribution >= 4 is 23.3 Å². The number of hydrogen-bond donors (Lipinski definition) is 2. The van der Waals surface area contributed by atoms with Crippen molar-refractivity contribution in [3.63, 3.8) is 0 Å². The number of anilines is 1. The number of nitrogens with two attached hydrogens (primary N) is 1. The van der Waals surface area contributed by atoms with Crippen LogP contribution in [-0.2, 0) is 6.42 Å². The van der Waals surface area contributed by atoms with Gasteiger partial charge in [0, 0.05) is 5.02 Å². The van der Waals surface area contributed by atoms with Crippen LogP contribution in [0.1, 0.15) is 39.8 Å². The highest BCUT2D eigenvalue weighted by atomic mass is 35.5. The van der Waals surface area contributed by atoms with Crippen molar-refractivity contribution in [2.45, 2.75) is 25.8 Å². The summed E-state index contributed by atoms with van der Waals surface area (Å²) >= 11 is 6.03. The molecule has 0 saturated carbocycles. The lowest BCUT2D eigenvalue weighted by Gasteiger charge is -2.15. The van der Waals surface area contributed by atoms with Crippen molar-refractivity contribution in [2.75, 3.05) is 5.73 Å². The Labute approximate surface area is 154 Å². The van der Waals surface area contributed by atoms with Gasteiger partial charge in [-0.1, -0.05) is 17.7 Å². The van der Waals surface area contributed by atoms with Crippen LogP contribution in [0.3, 0.4) is 0 Å². The van der Waals surface area contributed by atoms with Gasteiger partial charge in [0.05, 0.1) is 17.9 Å². The van der Waals surface area contributed by atoms with Crippen LogP contribution in [0.2, 0.25) is 5.02 Å². The summed E-state index contributed by atoms with van der Waals surface area (Å²) in [6.45, 7) is 1.73. The molecular weight excluding hydrogens is 354 g/mol. The molecular formula is C18H16ClN5O2. The Balaban J connectivity index is 1.59. The molecule has 132 valence electrons. The van der Waals surface area contributed by atoms with Gasteiger partial charge in [-0.25, -0.2) is 15.0 Å². The third kappa shape index (κ3) is 2.90. The van der Waals surface area contributed by atoms with E-state index < -0.39 is 0 Å². The molecule has 26 heavy (non-hydrogen) atoms. The number of carbonyl (C=O) groups excluding carboxylic acids is 1. The first kappa shape index (κ1) is 16.5. The van der Waals surface area contributed by atoms with Crippen LogP contribution in [0.25, 0.3) is 11.6 Å². The average molecular weight is 370 g/mol. The summed E-state index contributed by atoms with van der Waals surface area (Å²) in [6, 6.07) is 5.62. The first-order chi connectivity index (χ1) is 12.5. The van der Waals surface area contributed by atoms with Crippen molar-refractivity contribution < 1.29 is 9.21 Å². The van der Waals surface area contributed by atoms with E-state index in [1.807, 2.05) is 18.2 Å². The molecule has 8 heteroatoms. The van der Waals surface area contributed by atoms with Crippen molar-refractivity contribution in [1.82, 2.24) is 20.3 Å². The van der Waals surface area contributed by atoms with Gasteiger partial charge in [-0.3, -0.25) is 4.79 Å². The fraction of sp³-hybridized carbons (Fsp3) is 0.222. The van der Waals surface area contributed by atoms with Crippen LogP contribution in [0.5, 0.6) is 0 Å². The second-order valence-corrected chi connectivity index (χ2v) is 6.57. The zero-order valence-electron chi connectivity index (χ0n) is 14.0. The highest BCUT2D eigenvalue weighted by Gasteiger charge is 2.26. The van der Waals surface area contributed by atoms with Crippen molar-refractivity contribution in [3.05, 3.63) is 58.2 Å². The van der Waals surface area contributed by atoms with E-state index in [0.717, 1.165) is 24.0 Å². The first-order valence-corrected chi connectivity index (χ1v) is 8.54.